The molecule has 0 amide bonds. The lowest BCUT2D eigenvalue weighted by atomic mass is 10.1. The second-order valence-corrected chi connectivity index (χ2v) is 6.63. The van der Waals surface area contributed by atoms with E-state index < -0.39 is 35.5 Å². The third kappa shape index (κ3) is 7.40. The van der Waals surface area contributed by atoms with E-state index in [0.29, 0.717) is 0 Å². The van der Waals surface area contributed by atoms with E-state index in [0.717, 1.165) is 0 Å². The Morgan fingerprint density at radius 3 is 1.81 bits per heavy atom. The van der Waals surface area contributed by atoms with Gasteiger partial charge in [0.1, 0.15) is 11.2 Å². The molecule has 0 aromatic heterocycles. The van der Waals surface area contributed by atoms with E-state index in [-0.39, 0.29) is 6.54 Å². The Hall–Kier alpha value is -1.18. The molecule has 0 bridgehead atoms. The van der Waals surface area contributed by atoms with Gasteiger partial charge in [-0.2, -0.15) is 0 Å². The van der Waals surface area contributed by atoms with Gasteiger partial charge in [0, 0.05) is 7.11 Å². The third-order valence-electron chi connectivity index (χ3n) is 2.24. The Kier molecular flexibility index (Phi) is 6.79. The molecule has 0 radical (unpaired) electrons. The summed E-state index contributed by atoms with van der Waals surface area (Å²) in [4.78, 5) is 23.8. The summed E-state index contributed by atoms with van der Waals surface area (Å²) in [5, 5.41) is 12.0. The maximum absolute atomic E-state index is 12.1. The van der Waals surface area contributed by atoms with Crippen LogP contribution in [0.2, 0.25) is 0 Å². The fraction of sp³-hybridized carbons (Fsp3) is 0.857. The number of ether oxygens (including phenoxy) is 3. The summed E-state index contributed by atoms with van der Waals surface area (Å²) in [6, 6.07) is 0. The highest BCUT2D eigenvalue weighted by molar-refractivity contribution is 5.81. The summed E-state index contributed by atoms with van der Waals surface area (Å²) in [6.07, 6.45) is 0. The highest BCUT2D eigenvalue weighted by atomic mass is 16.6. The van der Waals surface area contributed by atoms with Gasteiger partial charge in [-0.05, 0) is 41.5 Å². The van der Waals surface area contributed by atoms with Crippen LogP contribution in [0.4, 0.5) is 0 Å². The SMILES string of the molecule is COC(CO)(NCC(=O)OC(C)(C)C)C(=O)OC(C)(C)C. The van der Waals surface area contributed by atoms with E-state index in [9.17, 15) is 14.7 Å². The number of aliphatic hydroxyl groups is 1. The third-order valence-corrected chi connectivity index (χ3v) is 2.24. The van der Waals surface area contributed by atoms with Crippen LogP contribution in [0, 0.1) is 0 Å². The molecule has 0 saturated heterocycles. The molecule has 7 heteroatoms. The van der Waals surface area contributed by atoms with Crippen molar-refractivity contribution in [1.29, 1.82) is 0 Å². The highest BCUT2D eigenvalue weighted by Crippen LogP contribution is 2.15. The number of methoxy groups -OCH3 is 1. The van der Waals surface area contributed by atoms with Gasteiger partial charge in [-0.15, -0.1) is 0 Å². The van der Waals surface area contributed by atoms with Crippen LogP contribution in [0.15, 0.2) is 0 Å². The van der Waals surface area contributed by atoms with Gasteiger partial charge in [0.15, 0.2) is 0 Å². The monoisotopic (exact) mass is 305 g/mol. The second-order valence-electron chi connectivity index (χ2n) is 6.63. The first-order valence-electron chi connectivity index (χ1n) is 6.71. The van der Waals surface area contributed by atoms with Crippen molar-refractivity contribution in [1.82, 2.24) is 5.32 Å². The van der Waals surface area contributed by atoms with Crippen LogP contribution in [0.3, 0.4) is 0 Å². The van der Waals surface area contributed by atoms with Gasteiger partial charge >= 0.3 is 11.9 Å². The van der Waals surface area contributed by atoms with Crippen molar-refractivity contribution < 1.29 is 28.9 Å². The van der Waals surface area contributed by atoms with E-state index in [2.05, 4.69) is 5.32 Å². The fourth-order valence-corrected chi connectivity index (χ4v) is 1.37. The number of aliphatic hydroxyl groups excluding tert-OH is 1. The van der Waals surface area contributed by atoms with Crippen LogP contribution in [0.1, 0.15) is 41.5 Å². The molecule has 0 aliphatic heterocycles. The lowest BCUT2D eigenvalue weighted by Gasteiger charge is -2.32. The molecule has 21 heavy (non-hydrogen) atoms. The number of rotatable bonds is 6. The maximum Gasteiger partial charge on any atom is 0.356 e. The molecular weight excluding hydrogens is 278 g/mol. The molecule has 0 aliphatic rings. The Morgan fingerprint density at radius 2 is 1.48 bits per heavy atom. The molecule has 0 heterocycles. The number of carbonyl (C=O) groups excluding carboxylic acids is 2. The smallest absolute Gasteiger partial charge is 0.356 e. The zero-order valence-corrected chi connectivity index (χ0v) is 13.9. The molecule has 0 saturated carbocycles. The summed E-state index contributed by atoms with van der Waals surface area (Å²) in [6.45, 7) is 9.28. The van der Waals surface area contributed by atoms with E-state index >= 15 is 0 Å². The lowest BCUT2D eigenvalue weighted by Crippen LogP contribution is -2.60. The van der Waals surface area contributed by atoms with Crippen LogP contribution < -0.4 is 5.32 Å². The van der Waals surface area contributed by atoms with E-state index in [1.54, 1.807) is 41.5 Å². The standard InChI is InChI=1S/C14H27NO6/c1-12(2,3)20-10(17)8-15-14(9-16,19-7)11(18)21-13(4,5)6/h15-16H,8-9H2,1-7H3. The van der Waals surface area contributed by atoms with Crippen LogP contribution in [-0.2, 0) is 23.8 Å². The minimum absolute atomic E-state index is 0.301. The average Bonchev–Trinajstić information content (AvgIpc) is 2.26. The molecule has 1 unspecified atom stereocenters. The Bertz CT molecular complexity index is 363. The Morgan fingerprint density at radius 1 is 1.00 bits per heavy atom. The van der Waals surface area contributed by atoms with Crippen molar-refractivity contribution in [2.24, 2.45) is 0 Å². The molecule has 0 spiro atoms. The molecule has 124 valence electrons. The number of hydrogen-bond donors (Lipinski definition) is 2. The molecule has 7 nitrogen and oxygen atoms in total. The summed E-state index contributed by atoms with van der Waals surface area (Å²) in [7, 11) is 1.24. The van der Waals surface area contributed by atoms with Crippen molar-refractivity contribution >= 4 is 11.9 Å². The molecule has 0 aromatic rings. The zero-order valence-electron chi connectivity index (χ0n) is 13.9. The predicted molar refractivity (Wildman–Crippen MR) is 76.5 cm³/mol. The van der Waals surface area contributed by atoms with Crippen molar-refractivity contribution in [2.45, 2.75) is 58.5 Å². The molecule has 0 fully saturated rings. The molecular formula is C14H27NO6. The number of esters is 2. The molecule has 0 aromatic carbocycles. The van der Waals surface area contributed by atoms with Gasteiger partial charge in [-0.1, -0.05) is 0 Å². The molecule has 0 aliphatic carbocycles. The molecule has 2 N–H and O–H groups in total. The van der Waals surface area contributed by atoms with Crippen molar-refractivity contribution in [3.63, 3.8) is 0 Å². The number of carbonyl (C=O) groups is 2. The van der Waals surface area contributed by atoms with Gasteiger partial charge in [-0.3, -0.25) is 10.1 Å². The van der Waals surface area contributed by atoms with Gasteiger partial charge in [0.25, 0.3) is 0 Å². The van der Waals surface area contributed by atoms with Gasteiger partial charge in [-0.25, -0.2) is 4.79 Å². The maximum atomic E-state index is 12.1. The highest BCUT2D eigenvalue weighted by Gasteiger charge is 2.42. The van der Waals surface area contributed by atoms with Gasteiger partial charge in [0.2, 0.25) is 5.72 Å². The quantitative estimate of drug-likeness (QED) is 0.548. The minimum Gasteiger partial charge on any atom is -0.459 e. The van der Waals surface area contributed by atoms with E-state index in [1.165, 1.54) is 7.11 Å². The largest absolute Gasteiger partial charge is 0.459 e. The van der Waals surface area contributed by atoms with E-state index in [1.807, 2.05) is 0 Å². The van der Waals surface area contributed by atoms with Gasteiger partial charge in [0.05, 0.1) is 13.2 Å². The summed E-state index contributed by atoms with van der Waals surface area (Å²) < 4.78 is 15.3. The van der Waals surface area contributed by atoms with Crippen molar-refractivity contribution in [3.8, 4) is 0 Å². The van der Waals surface area contributed by atoms with Crippen molar-refractivity contribution in [3.05, 3.63) is 0 Å². The summed E-state index contributed by atoms with van der Waals surface area (Å²) in [5.74, 6) is -1.37. The topological polar surface area (TPSA) is 94.1 Å². The normalized spacial score (nSPS) is 15.2. The zero-order chi connectivity index (χ0) is 16.9. The van der Waals surface area contributed by atoms with Gasteiger partial charge < -0.3 is 19.3 Å². The average molecular weight is 305 g/mol. The minimum atomic E-state index is -1.80. The van der Waals surface area contributed by atoms with E-state index in [4.69, 9.17) is 14.2 Å². The predicted octanol–water partition coefficient (Wildman–Crippen LogP) is 0.594. The summed E-state index contributed by atoms with van der Waals surface area (Å²) >= 11 is 0. The molecule has 1 atom stereocenters. The van der Waals surface area contributed by atoms with Crippen LogP contribution in [-0.4, -0.2) is 54.2 Å². The van der Waals surface area contributed by atoms with Crippen molar-refractivity contribution in [2.75, 3.05) is 20.3 Å². The lowest BCUT2D eigenvalue weighted by molar-refractivity contribution is -0.191. The molecule has 0 rings (SSSR count). The van der Waals surface area contributed by atoms with Crippen LogP contribution >= 0.6 is 0 Å². The number of nitrogens with one attached hydrogen (secondary N) is 1. The Balaban J connectivity index is 4.82. The first-order valence-corrected chi connectivity index (χ1v) is 6.71. The van der Waals surface area contributed by atoms with Crippen LogP contribution in [0.25, 0.3) is 0 Å². The first-order chi connectivity index (χ1) is 9.35. The fourth-order valence-electron chi connectivity index (χ4n) is 1.37. The second kappa shape index (κ2) is 7.20. The first kappa shape index (κ1) is 19.8. The number of hydrogen-bond acceptors (Lipinski definition) is 7. The van der Waals surface area contributed by atoms with Crippen LogP contribution in [0.5, 0.6) is 0 Å². The Labute approximate surface area is 125 Å². The summed E-state index contributed by atoms with van der Waals surface area (Å²) in [5.41, 5.74) is -3.19.